The SMILES string of the molecule is CC(C)(C)c1ccc(N2c3cc(-c4nc(-c5cc(C(C)(C)C)cc(C(C)(C)C)c5)cc(-c5cc(C(C)(C)C)cc(C(C)(C)C)c5)n4)cc4c3B(c3ccc5c(ccc6ccccc65)c32)c2ccc3c(ccc5ccccc53)c2N4c2ccc(C(C)(C)C)cc2)cc1. The first-order valence-corrected chi connectivity index (χ1v) is 33.0. The van der Waals surface area contributed by atoms with Gasteiger partial charge in [0.05, 0.1) is 11.4 Å². The monoisotopic (exact) mass is 1190 g/mol. The van der Waals surface area contributed by atoms with Gasteiger partial charge in [0.1, 0.15) is 0 Å². The van der Waals surface area contributed by atoms with E-state index in [-0.39, 0.29) is 39.2 Å². The van der Waals surface area contributed by atoms with E-state index in [0.29, 0.717) is 5.82 Å². The summed E-state index contributed by atoms with van der Waals surface area (Å²) >= 11 is 0. The molecule has 0 saturated heterocycles. The van der Waals surface area contributed by atoms with E-state index in [9.17, 15) is 0 Å². The van der Waals surface area contributed by atoms with Crippen molar-refractivity contribution in [2.75, 3.05) is 9.80 Å². The Morgan fingerprint density at radius 1 is 0.286 bits per heavy atom. The lowest BCUT2D eigenvalue weighted by Gasteiger charge is -2.45. The molecular weight excluding hydrogens is 1100 g/mol. The lowest BCUT2D eigenvalue weighted by Crippen LogP contribution is -2.61. The molecule has 0 atom stereocenters. The van der Waals surface area contributed by atoms with Gasteiger partial charge >= 0.3 is 0 Å². The quantitative estimate of drug-likeness (QED) is 0.127. The Morgan fingerprint density at radius 2 is 0.626 bits per heavy atom. The second-order valence-electron chi connectivity index (χ2n) is 32.5. The molecule has 0 saturated carbocycles. The van der Waals surface area contributed by atoms with E-state index in [1.165, 1.54) is 104 Å². The predicted octanol–water partition coefficient (Wildman–Crippen LogP) is 22.0. The number of hydrogen-bond donors (Lipinski definition) is 0. The van der Waals surface area contributed by atoms with Crippen molar-refractivity contribution in [3.05, 3.63) is 234 Å². The van der Waals surface area contributed by atoms with Crippen molar-refractivity contribution >= 4 is 100 Å². The number of hydrogen-bond acceptors (Lipinski definition) is 4. The highest BCUT2D eigenvalue weighted by atomic mass is 15.2. The summed E-state index contributed by atoms with van der Waals surface area (Å²) < 4.78 is 0. The topological polar surface area (TPSA) is 32.3 Å². The number of rotatable bonds is 5. The lowest BCUT2D eigenvalue weighted by molar-refractivity contribution is 0.568. The highest BCUT2D eigenvalue weighted by Crippen LogP contribution is 2.51. The van der Waals surface area contributed by atoms with Crippen molar-refractivity contribution in [2.45, 2.75) is 157 Å². The van der Waals surface area contributed by atoms with Gasteiger partial charge in [-0.15, -0.1) is 0 Å². The van der Waals surface area contributed by atoms with Crippen LogP contribution in [0.1, 0.15) is 158 Å². The van der Waals surface area contributed by atoms with Gasteiger partial charge in [-0.2, -0.15) is 0 Å². The summed E-state index contributed by atoms with van der Waals surface area (Å²) in [6, 6.07) is 77.3. The van der Waals surface area contributed by atoms with Crippen LogP contribution in [0, 0.1) is 0 Å². The molecule has 0 amide bonds. The Bertz CT molecular complexity index is 4560. The highest BCUT2D eigenvalue weighted by molar-refractivity contribution is 7.01. The molecule has 0 aliphatic carbocycles. The normalized spacial score (nSPS) is 13.8. The Labute approximate surface area is 541 Å². The third-order valence-corrected chi connectivity index (χ3v) is 19.7. The minimum absolute atomic E-state index is 0.0465. The first-order chi connectivity index (χ1) is 42.9. The fourth-order valence-corrected chi connectivity index (χ4v) is 14.2. The average molecular weight is 1190 g/mol. The van der Waals surface area contributed by atoms with Gasteiger partial charge in [-0.25, -0.2) is 9.97 Å². The molecule has 4 nitrogen and oxygen atoms in total. The van der Waals surface area contributed by atoms with Gasteiger partial charge in [0.2, 0.25) is 0 Å². The molecule has 11 aromatic carbocycles. The van der Waals surface area contributed by atoms with Gasteiger partial charge in [-0.1, -0.05) is 258 Å². The number of fused-ring (bicyclic) bond motifs is 12. The molecule has 1 aromatic heterocycles. The predicted molar refractivity (Wildman–Crippen MR) is 395 cm³/mol. The Hall–Kier alpha value is -8.80. The van der Waals surface area contributed by atoms with E-state index in [2.05, 4.69) is 335 Å². The lowest BCUT2D eigenvalue weighted by atomic mass is 9.33. The number of benzene rings is 11. The zero-order valence-corrected chi connectivity index (χ0v) is 56.9. The van der Waals surface area contributed by atoms with Crippen LogP contribution in [0.3, 0.4) is 0 Å². The molecule has 5 heteroatoms. The van der Waals surface area contributed by atoms with Crippen molar-refractivity contribution in [1.82, 2.24) is 9.97 Å². The van der Waals surface area contributed by atoms with E-state index in [0.717, 1.165) is 50.8 Å². The van der Waals surface area contributed by atoms with Crippen LogP contribution in [-0.2, 0) is 32.5 Å². The maximum absolute atomic E-state index is 5.93. The Morgan fingerprint density at radius 3 is 0.978 bits per heavy atom. The summed E-state index contributed by atoms with van der Waals surface area (Å²) in [7, 11) is 0. The van der Waals surface area contributed by atoms with Crippen LogP contribution in [0.2, 0.25) is 0 Å². The molecular formula is C86H87BN4. The molecule has 0 spiro atoms. The van der Waals surface area contributed by atoms with E-state index in [1.54, 1.807) is 0 Å². The van der Waals surface area contributed by atoms with E-state index < -0.39 is 0 Å². The zero-order chi connectivity index (χ0) is 64.2. The molecule has 0 fully saturated rings. The second-order valence-corrected chi connectivity index (χ2v) is 32.5. The molecule has 0 N–H and O–H groups in total. The maximum Gasteiger partial charge on any atom is 0.252 e. The molecule has 0 bridgehead atoms. The van der Waals surface area contributed by atoms with Crippen molar-refractivity contribution in [3.8, 4) is 33.9 Å². The van der Waals surface area contributed by atoms with E-state index in [4.69, 9.17) is 9.97 Å². The van der Waals surface area contributed by atoms with Gasteiger partial charge in [0.25, 0.3) is 6.71 Å². The van der Waals surface area contributed by atoms with Gasteiger partial charge in [-0.3, -0.25) is 0 Å². The van der Waals surface area contributed by atoms with Gasteiger partial charge in [-0.05, 0) is 181 Å². The summed E-state index contributed by atoms with van der Waals surface area (Å²) in [5.41, 5.74) is 22.7. The van der Waals surface area contributed by atoms with Crippen LogP contribution in [0.5, 0.6) is 0 Å². The van der Waals surface area contributed by atoms with Crippen molar-refractivity contribution in [1.29, 1.82) is 0 Å². The Kier molecular flexibility index (Phi) is 13.7. The minimum Gasteiger partial charge on any atom is -0.311 e. The first-order valence-electron chi connectivity index (χ1n) is 33.0. The van der Waals surface area contributed by atoms with E-state index in [1.807, 2.05) is 0 Å². The molecule has 0 unspecified atom stereocenters. The summed E-state index contributed by atoms with van der Waals surface area (Å²) in [5.74, 6) is 0.676. The average Bonchev–Trinajstić information content (AvgIpc) is 0.686. The van der Waals surface area contributed by atoms with Crippen LogP contribution in [0.4, 0.5) is 34.1 Å². The summed E-state index contributed by atoms with van der Waals surface area (Å²) in [6.45, 7) is 41.6. The second kappa shape index (κ2) is 20.9. The summed E-state index contributed by atoms with van der Waals surface area (Å²) in [6.07, 6.45) is 0. The van der Waals surface area contributed by atoms with Gasteiger partial charge in [0.15, 0.2) is 5.82 Å². The minimum atomic E-state index is -0.152. The fourth-order valence-electron chi connectivity index (χ4n) is 14.2. The fraction of sp³-hybridized carbons (Fsp3) is 0.279. The van der Waals surface area contributed by atoms with Crippen LogP contribution in [0.15, 0.2) is 200 Å². The number of aromatic nitrogens is 2. The van der Waals surface area contributed by atoms with Crippen LogP contribution < -0.4 is 26.2 Å². The standard InChI is InChI=1S/C86H87BN4/c1-81(2,3)57-29-33-63(34-30-57)90-75-47-56(80-88-73(54-43-59(83(7,8)9)49-60(44-54)84(10,11)12)51-74(89-80)55-45-61(85(13,14)15)50-62(46-55)86(16,17)18)48-76-77(75)87(71-41-39-67-65-25-21-19-23-52(65)27-37-69(67)78(71)90)72-42-40-68-66-26-22-20-24-53(66)28-38-70(68)79(72)91(76)64-35-31-58(32-36-64)82(4,5)6/h19-51H,1-18H3. The van der Waals surface area contributed by atoms with Crippen LogP contribution >= 0.6 is 0 Å². The molecule has 0 radical (unpaired) electrons. The molecule has 2 aliphatic rings. The molecule has 91 heavy (non-hydrogen) atoms. The number of nitrogens with zero attached hydrogens (tertiary/aromatic N) is 4. The third-order valence-electron chi connectivity index (χ3n) is 19.7. The van der Waals surface area contributed by atoms with Gasteiger partial charge in [0, 0.05) is 61.6 Å². The van der Waals surface area contributed by atoms with Crippen molar-refractivity contribution in [2.24, 2.45) is 0 Å². The smallest absolute Gasteiger partial charge is 0.252 e. The van der Waals surface area contributed by atoms with Crippen LogP contribution in [-0.4, -0.2) is 16.7 Å². The molecule has 14 rings (SSSR count). The highest BCUT2D eigenvalue weighted by Gasteiger charge is 2.45. The van der Waals surface area contributed by atoms with Crippen molar-refractivity contribution < 1.29 is 0 Å². The zero-order valence-electron chi connectivity index (χ0n) is 56.9. The number of anilines is 6. The van der Waals surface area contributed by atoms with Gasteiger partial charge < -0.3 is 9.80 Å². The van der Waals surface area contributed by atoms with Crippen molar-refractivity contribution in [3.63, 3.8) is 0 Å². The summed E-state index contributed by atoms with van der Waals surface area (Å²) in [5, 5.41) is 9.82. The van der Waals surface area contributed by atoms with E-state index >= 15 is 0 Å². The summed E-state index contributed by atoms with van der Waals surface area (Å²) in [4.78, 5) is 17.1. The first kappa shape index (κ1) is 59.8. The van der Waals surface area contributed by atoms with Crippen LogP contribution in [0.25, 0.3) is 77.0 Å². The molecule has 3 heterocycles. The maximum atomic E-state index is 5.93. The largest absolute Gasteiger partial charge is 0.311 e. The third kappa shape index (κ3) is 10.4. The molecule has 454 valence electrons. The Balaban J connectivity index is 1.16. The molecule has 2 aliphatic heterocycles. The molecule has 12 aromatic rings.